The smallest absolute Gasteiger partial charge is 0.156 e. The monoisotopic (exact) mass is 189 g/mol. The first-order chi connectivity index (χ1) is 5.59. The van der Waals surface area contributed by atoms with Crippen molar-refractivity contribution in [3.63, 3.8) is 0 Å². The van der Waals surface area contributed by atoms with Crippen molar-refractivity contribution in [1.82, 2.24) is 0 Å². The molecule has 3 aliphatic rings. The molecule has 5 unspecified atom stereocenters. The second-order valence-corrected chi connectivity index (χ2v) is 6.25. The van der Waals surface area contributed by atoms with Crippen molar-refractivity contribution in [2.24, 2.45) is 11.7 Å². The van der Waals surface area contributed by atoms with E-state index in [2.05, 4.69) is 0 Å². The van der Waals surface area contributed by atoms with Crippen molar-refractivity contribution in [3.05, 3.63) is 0 Å². The van der Waals surface area contributed by atoms with Crippen LogP contribution in [0.2, 0.25) is 0 Å². The highest BCUT2D eigenvalue weighted by Gasteiger charge is 2.62. The zero-order valence-electron chi connectivity index (χ0n) is 6.51. The van der Waals surface area contributed by atoms with Gasteiger partial charge in [0.15, 0.2) is 9.84 Å². The van der Waals surface area contributed by atoms with Crippen LogP contribution in [0.3, 0.4) is 0 Å². The topological polar surface area (TPSA) is 69.4 Å². The van der Waals surface area contributed by atoms with Gasteiger partial charge < -0.3 is 10.5 Å². The van der Waals surface area contributed by atoms with Crippen LogP contribution in [0, 0.1) is 5.92 Å². The van der Waals surface area contributed by atoms with E-state index in [1.165, 1.54) is 0 Å². The van der Waals surface area contributed by atoms with E-state index in [9.17, 15) is 8.42 Å². The summed E-state index contributed by atoms with van der Waals surface area (Å²) in [5.41, 5.74) is 5.83. The third-order valence-electron chi connectivity index (χ3n) is 3.39. The summed E-state index contributed by atoms with van der Waals surface area (Å²) in [4.78, 5) is 0. The van der Waals surface area contributed by atoms with E-state index in [1.807, 2.05) is 0 Å². The minimum atomic E-state index is -2.87. The van der Waals surface area contributed by atoms with Crippen molar-refractivity contribution in [3.8, 4) is 0 Å². The van der Waals surface area contributed by atoms with Crippen molar-refractivity contribution in [2.75, 3.05) is 5.75 Å². The zero-order valence-corrected chi connectivity index (χ0v) is 7.33. The van der Waals surface area contributed by atoms with Crippen LogP contribution in [-0.2, 0) is 14.6 Å². The first-order valence-electron chi connectivity index (χ1n) is 4.22. The second kappa shape index (κ2) is 1.86. The van der Waals surface area contributed by atoms with Gasteiger partial charge in [-0.25, -0.2) is 8.42 Å². The third kappa shape index (κ3) is 0.639. The van der Waals surface area contributed by atoms with Crippen LogP contribution in [0.5, 0.6) is 0 Å². The predicted octanol–water partition coefficient (Wildman–Crippen LogP) is -1.10. The Kier molecular flexibility index (Phi) is 1.13. The molecule has 0 aliphatic carbocycles. The summed E-state index contributed by atoms with van der Waals surface area (Å²) < 4.78 is 28.5. The number of fused-ring (bicyclic) bond motifs is 1. The lowest BCUT2D eigenvalue weighted by Crippen LogP contribution is -2.40. The Balaban J connectivity index is 2.11. The van der Waals surface area contributed by atoms with Gasteiger partial charge in [0.05, 0.1) is 23.2 Å². The minimum absolute atomic E-state index is 0.0160. The van der Waals surface area contributed by atoms with Gasteiger partial charge in [-0.3, -0.25) is 0 Å². The predicted molar refractivity (Wildman–Crippen MR) is 42.3 cm³/mol. The highest BCUT2D eigenvalue weighted by molar-refractivity contribution is 7.92. The molecule has 0 aromatic rings. The second-order valence-electron chi connectivity index (χ2n) is 3.98. The number of nitrogens with two attached hydrogens (primary N) is 1. The van der Waals surface area contributed by atoms with Crippen LogP contribution in [-0.4, -0.2) is 37.7 Å². The number of rotatable bonds is 0. The first kappa shape index (κ1) is 7.29. The van der Waals surface area contributed by atoms with E-state index in [1.54, 1.807) is 0 Å². The fourth-order valence-electron chi connectivity index (χ4n) is 2.78. The van der Waals surface area contributed by atoms with Gasteiger partial charge in [0.25, 0.3) is 0 Å². The summed E-state index contributed by atoms with van der Waals surface area (Å²) >= 11 is 0. The molecule has 3 saturated heterocycles. The van der Waals surface area contributed by atoms with Crippen molar-refractivity contribution < 1.29 is 13.2 Å². The summed E-state index contributed by atoms with van der Waals surface area (Å²) in [6, 6.07) is -0.0384. The molecule has 4 nitrogen and oxygen atoms in total. The van der Waals surface area contributed by atoms with Crippen molar-refractivity contribution in [2.45, 2.75) is 29.9 Å². The average Bonchev–Trinajstić information content (AvgIpc) is 2.54. The number of sulfone groups is 1. The SMILES string of the molecule is NC1C2CC3C(O2)C1CS3(=O)=O. The molecule has 0 aromatic heterocycles. The van der Waals surface area contributed by atoms with Crippen LogP contribution in [0.1, 0.15) is 6.42 Å². The summed E-state index contributed by atoms with van der Waals surface area (Å²) in [5.74, 6) is 0.332. The molecule has 12 heavy (non-hydrogen) atoms. The zero-order chi connectivity index (χ0) is 8.51. The van der Waals surface area contributed by atoms with Gasteiger partial charge in [0.1, 0.15) is 0 Å². The normalized spacial score (nSPS) is 59.6. The number of hydrogen-bond acceptors (Lipinski definition) is 4. The molecule has 68 valence electrons. The fourth-order valence-corrected chi connectivity index (χ4v) is 5.13. The molecule has 2 bridgehead atoms. The Morgan fingerprint density at radius 1 is 1.42 bits per heavy atom. The van der Waals surface area contributed by atoms with Crippen LogP contribution >= 0.6 is 0 Å². The molecule has 2 N–H and O–H groups in total. The lowest BCUT2D eigenvalue weighted by molar-refractivity contribution is 0.0964. The van der Waals surface area contributed by atoms with Crippen LogP contribution in [0.4, 0.5) is 0 Å². The van der Waals surface area contributed by atoms with Gasteiger partial charge in [-0.15, -0.1) is 0 Å². The van der Waals surface area contributed by atoms with E-state index in [0.717, 1.165) is 0 Å². The molecule has 5 atom stereocenters. The molecule has 0 aromatic carbocycles. The van der Waals surface area contributed by atoms with Gasteiger partial charge in [0.2, 0.25) is 0 Å². The largest absolute Gasteiger partial charge is 0.372 e. The highest BCUT2D eigenvalue weighted by Crippen LogP contribution is 2.47. The summed E-state index contributed by atoms with van der Waals surface area (Å²) in [6.07, 6.45) is 0.572. The van der Waals surface area contributed by atoms with Crippen LogP contribution in [0.25, 0.3) is 0 Å². The molecular weight excluding hydrogens is 178 g/mol. The maximum atomic E-state index is 11.5. The molecular formula is C7H11NO3S. The molecule has 0 amide bonds. The van der Waals surface area contributed by atoms with E-state index >= 15 is 0 Å². The average molecular weight is 189 g/mol. The molecule has 3 heterocycles. The highest BCUT2D eigenvalue weighted by atomic mass is 32.2. The minimum Gasteiger partial charge on any atom is -0.372 e. The van der Waals surface area contributed by atoms with Crippen molar-refractivity contribution in [1.29, 1.82) is 0 Å². The Labute approximate surface area is 71.0 Å². The molecule has 0 radical (unpaired) electrons. The maximum Gasteiger partial charge on any atom is 0.156 e. The molecule has 0 spiro atoms. The van der Waals surface area contributed by atoms with Gasteiger partial charge in [-0.05, 0) is 6.42 Å². The van der Waals surface area contributed by atoms with Gasteiger partial charge in [-0.2, -0.15) is 0 Å². The summed E-state index contributed by atoms with van der Waals surface area (Å²) in [6.45, 7) is 0. The van der Waals surface area contributed by atoms with E-state index in [-0.39, 0.29) is 35.2 Å². The lowest BCUT2D eigenvalue weighted by Gasteiger charge is -2.18. The van der Waals surface area contributed by atoms with E-state index < -0.39 is 9.84 Å². The quantitative estimate of drug-likeness (QED) is 0.525. The Morgan fingerprint density at radius 2 is 2.17 bits per heavy atom. The molecule has 5 heteroatoms. The number of ether oxygens (including phenoxy) is 1. The Morgan fingerprint density at radius 3 is 2.75 bits per heavy atom. The Hall–Kier alpha value is -0.130. The summed E-state index contributed by atoms with van der Waals surface area (Å²) in [7, 11) is -2.87. The molecule has 3 aliphatic heterocycles. The standard InChI is InChI=1S/C7H11NO3S/c8-6-3-2-12(9,10)5-1-4(6)11-7(3)5/h3-7H,1-2,8H2. The summed E-state index contributed by atoms with van der Waals surface area (Å²) in [5, 5.41) is -0.229. The van der Waals surface area contributed by atoms with E-state index in [0.29, 0.717) is 6.42 Å². The van der Waals surface area contributed by atoms with Gasteiger partial charge in [0, 0.05) is 12.0 Å². The molecule has 0 saturated carbocycles. The molecule has 3 fully saturated rings. The lowest BCUT2D eigenvalue weighted by atomic mass is 9.87. The van der Waals surface area contributed by atoms with Crippen LogP contribution < -0.4 is 5.73 Å². The maximum absolute atomic E-state index is 11.5. The van der Waals surface area contributed by atoms with E-state index in [4.69, 9.17) is 10.5 Å². The first-order valence-corrected chi connectivity index (χ1v) is 5.94. The molecule has 3 rings (SSSR count). The van der Waals surface area contributed by atoms with Gasteiger partial charge >= 0.3 is 0 Å². The Bertz CT molecular complexity index is 326. The third-order valence-corrected chi connectivity index (χ3v) is 5.63. The number of hydrogen-bond donors (Lipinski definition) is 1. The van der Waals surface area contributed by atoms with Crippen molar-refractivity contribution >= 4 is 9.84 Å². The van der Waals surface area contributed by atoms with Gasteiger partial charge in [-0.1, -0.05) is 0 Å². The fraction of sp³-hybridized carbons (Fsp3) is 1.00. The van der Waals surface area contributed by atoms with Crippen LogP contribution in [0.15, 0.2) is 0 Å².